The first kappa shape index (κ1) is 19.7. The lowest BCUT2D eigenvalue weighted by Crippen LogP contribution is -2.47. The Morgan fingerprint density at radius 2 is 1.77 bits per heavy atom. The number of nitrogen functional groups attached to an aromatic ring is 1. The summed E-state index contributed by atoms with van der Waals surface area (Å²) in [5.41, 5.74) is 8.18. The Morgan fingerprint density at radius 1 is 1.07 bits per heavy atom. The summed E-state index contributed by atoms with van der Waals surface area (Å²) in [6.07, 6.45) is 0. The van der Waals surface area contributed by atoms with Crippen LogP contribution in [-0.4, -0.2) is 70.8 Å². The number of ether oxygens (including phenoxy) is 1. The van der Waals surface area contributed by atoms with E-state index in [2.05, 4.69) is 27.3 Å². The van der Waals surface area contributed by atoms with Crippen LogP contribution >= 0.6 is 0 Å². The third-order valence-corrected chi connectivity index (χ3v) is 5.13. The molecule has 0 saturated carbocycles. The number of anilines is 3. The molecule has 1 aliphatic rings. The number of nitrogens with two attached hydrogens (primary N) is 1. The first-order valence-electron chi connectivity index (χ1n) is 9.76. The predicted molar refractivity (Wildman–Crippen MR) is 115 cm³/mol. The molecule has 0 aliphatic carbocycles. The summed E-state index contributed by atoms with van der Waals surface area (Å²) >= 11 is 0. The summed E-state index contributed by atoms with van der Waals surface area (Å²) in [7, 11) is 3.67. The van der Waals surface area contributed by atoms with E-state index in [9.17, 15) is 4.79 Å². The van der Waals surface area contributed by atoms with E-state index >= 15 is 0 Å². The van der Waals surface area contributed by atoms with Crippen molar-refractivity contribution in [2.75, 3.05) is 51.4 Å². The van der Waals surface area contributed by atoms with Crippen LogP contribution in [0.1, 0.15) is 10.4 Å². The van der Waals surface area contributed by atoms with Crippen LogP contribution < -0.4 is 15.8 Å². The van der Waals surface area contributed by atoms with E-state index in [1.165, 1.54) is 4.68 Å². The van der Waals surface area contributed by atoms with Gasteiger partial charge in [0.1, 0.15) is 5.75 Å². The highest BCUT2D eigenvalue weighted by Gasteiger charge is 2.20. The number of para-hydroxylation sites is 2. The molecule has 0 spiro atoms. The van der Waals surface area contributed by atoms with Crippen molar-refractivity contribution < 1.29 is 9.53 Å². The average molecular weight is 407 g/mol. The predicted octanol–water partition coefficient (Wildman–Crippen LogP) is 1.99. The van der Waals surface area contributed by atoms with Gasteiger partial charge >= 0.3 is 0 Å². The van der Waals surface area contributed by atoms with Gasteiger partial charge in [0.15, 0.2) is 0 Å². The molecule has 0 radical (unpaired) electrons. The Morgan fingerprint density at radius 3 is 2.47 bits per heavy atom. The van der Waals surface area contributed by atoms with Gasteiger partial charge in [-0.3, -0.25) is 4.79 Å². The van der Waals surface area contributed by atoms with Gasteiger partial charge < -0.3 is 25.6 Å². The summed E-state index contributed by atoms with van der Waals surface area (Å²) < 4.78 is 6.87. The second kappa shape index (κ2) is 8.42. The Labute approximate surface area is 175 Å². The second-order valence-corrected chi connectivity index (χ2v) is 7.17. The van der Waals surface area contributed by atoms with Crippen molar-refractivity contribution in [1.29, 1.82) is 0 Å². The molecule has 4 rings (SSSR count). The number of rotatable bonds is 5. The van der Waals surface area contributed by atoms with Crippen molar-refractivity contribution in [2.24, 2.45) is 0 Å². The molecule has 0 bridgehead atoms. The average Bonchev–Trinajstić information content (AvgIpc) is 3.14. The summed E-state index contributed by atoms with van der Waals surface area (Å²) in [5, 5.41) is 7.55. The quantitative estimate of drug-likeness (QED) is 0.667. The number of nitrogens with one attached hydrogen (secondary N) is 1. The monoisotopic (exact) mass is 407 g/mol. The topological polar surface area (TPSA) is 102 Å². The lowest BCUT2D eigenvalue weighted by molar-refractivity contribution is 0.0664. The number of aromatic nitrogens is 3. The lowest BCUT2D eigenvalue weighted by Gasteiger charge is -2.32. The molecule has 1 aliphatic heterocycles. The van der Waals surface area contributed by atoms with Crippen LogP contribution in [0.5, 0.6) is 5.75 Å². The standard InChI is InChI=1S/C21H25N7O2/c1-26-11-13-27(14-12-26)19(29)15-7-9-16(10-8-15)28-20(22)24-21(25-28)23-17-5-3-4-6-18(17)30-2/h3-10H,11-14H2,1-2H3,(H3,22,23,24,25). The lowest BCUT2D eigenvalue weighted by atomic mass is 10.1. The fraction of sp³-hybridized carbons (Fsp3) is 0.286. The molecule has 1 amide bonds. The van der Waals surface area contributed by atoms with Crippen LogP contribution in [-0.2, 0) is 0 Å². The zero-order chi connectivity index (χ0) is 21.1. The van der Waals surface area contributed by atoms with E-state index in [0.717, 1.165) is 37.6 Å². The van der Waals surface area contributed by atoms with Crippen LogP contribution in [0.4, 0.5) is 17.6 Å². The molecule has 156 valence electrons. The maximum absolute atomic E-state index is 12.7. The number of benzene rings is 2. The molecule has 1 saturated heterocycles. The van der Waals surface area contributed by atoms with Crippen LogP contribution in [0.25, 0.3) is 5.69 Å². The molecule has 0 unspecified atom stereocenters. The third-order valence-electron chi connectivity index (χ3n) is 5.13. The summed E-state index contributed by atoms with van der Waals surface area (Å²) in [6.45, 7) is 3.26. The Balaban J connectivity index is 1.50. The van der Waals surface area contributed by atoms with Crippen LogP contribution in [0.15, 0.2) is 48.5 Å². The molecule has 3 N–H and O–H groups in total. The number of nitrogens with zero attached hydrogens (tertiary/aromatic N) is 5. The van der Waals surface area contributed by atoms with Crippen molar-refractivity contribution in [1.82, 2.24) is 24.6 Å². The van der Waals surface area contributed by atoms with Crippen molar-refractivity contribution >= 4 is 23.5 Å². The normalized spacial score (nSPS) is 14.5. The zero-order valence-corrected chi connectivity index (χ0v) is 17.1. The number of piperazine rings is 1. The van der Waals surface area contributed by atoms with Gasteiger partial charge in [0.05, 0.1) is 18.5 Å². The molecular weight excluding hydrogens is 382 g/mol. The molecule has 2 aromatic carbocycles. The fourth-order valence-electron chi connectivity index (χ4n) is 3.37. The minimum absolute atomic E-state index is 0.0414. The number of amides is 1. The van der Waals surface area contributed by atoms with Gasteiger partial charge in [-0.05, 0) is 43.4 Å². The van der Waals surface area contributed by atoms with E-state index in [4.69, 9.17) is 10.5 Å². The van der Waals surface area contributed by atoms with Crippen LogP contribution in [0.3, 0.4) is 0 Å². The van der Waals surface area contributed by atoms with Gasteiger partial charge in [0.25, 0.3) is 5.91 Å². The van der Waals surface area contributed by atoms with Gasteiger partial charge in [0, 0.05) is 31.7 Å². The molecule has 3 aromatic rings. The molecule has 30 heavy (non-hydrogen) atoms. The highest BCUT2D eigenvalue weighted by Crippen LogP contribution is 2.26. The molecule has 9 nitrogen and oxygen atoms in total. The summed E-state index contributed by atoms with van der Waals surface area (Å²) in [5.74, 6) is 1.32. The van der Waals surface area contributed by atoms with Crippen LogP contribution in [0, 0.1) is 0 Å². The number of carbonyl (C=O) groups is 1. The molecule has 0 atom stereocenters. The molecule has 2 heterocycles. The Kier molecular flexibility index (Phi) is 5.53. The number of methoxy groups -OCH3 is 1. The number of hydrogen-bond donors (Lipinski definition) is 2. The van der Waals surface area contributed by atoms with Crippen molar-refractivity contribution in [2.45, 2.75) is 0 Å². The first-order chi connectivity index (χ1) is 14.5. The molecule has 9 heteroatoms. The SMILES string of the molecule is COc1ccccc1Nc1nc(N)n(-c2ccc(C(=O)N3CCN(C)CC3)cc2)n1. The minimum atomic E-state index is 0.0414. The van der Waals surface area contributed by atoms with Gasteiger partial charge in [-0.25, -0.2) is 0 Å². The fourth-order valence-corrected chi connectivity index (χ4v) is 3.37. The van der Waals surface area contributed by atoms with Gasteiger partial charge in [-0.15, -0.1) is 5.10 Å². The Bertz CT molecular complexity index is 1020. The van der Waals surface area contributed by atoms with E-state index in [1.54, 1.807) is 19.2 Å². The van der Waals surface area contributed by atoms with E-state index < -0.39 is 0 Å². The second-order valence-electron chi connectivity index (χ2n) is 7.17. The summed E-state index contributed by atoms with van der Waals surface area (Å²) in [4.78, 5) is 21.1. The highest BCUT2D eigenvalue weighted by atomic mass is 16.5. The number of likely N-dealkylation sites (N-methyl/N-ethyl adjacent to an activating group) is 1. The van der Waals surface area contributed by atoms with E-state index in [-0.39, 0.29) is 11.9 Å². The van der Waals surface area contributed by atoms with Gasteiger partial charge in [-0.1, -0.05) is 12.1 Å². The Hall–Kier alpha value is -3.59. The smallest absolute Gasteiger partial charge is 0.253 e. The van der Waals surface area contributed by atoms with Crippen molar-refractivity contribution in [3.63, 3.8) is 0 Å². The van der Waals surface area contributed by atoms with Crippen molar-refractivity contribution in [3.8, 4) is 11.4 Å². The zero-order valence-electron chi connectivity index (χ0n) is 17.1. The van der Waals surface area contributed by atoms with Gasteiger partial charge in [-0.2, -0.15) is 9.67 Å². The van der Waals surface area contributed by atoms with E-state index in [1.807, 2.05) is 41.3 Å². The molecular formula is C21H25N7O2. The highest BCUT2D eigenvalue weighted by molar-refractivity contribution is 5.94. The molecule has 1 aromatic heterocycles. The van der Waals surface area contributed by atoms with Gasteiger partial charge in [0.2, 0.25) is 11.9 Å². The maximum atomic E-state index is 12.7. The number of carbonyl (C=O) groups excluding carboxylic acids is 1. The largest absolute Gasteiger partial charge is 0.495 e. The minimum Gasteiger partial charge on any atom is -0.495 e. The summed E-state index contributed by atoms with van der Waals surface area (Å²) in [6, 6.07) is 14.7. The van der Waals surface area contributed by atoms with E-state index in [0.29, 0.717) is 17.3 Å². The van der Waals surface area contributed by atoms with Crippen molar-refractivity contribution in [3.05, 3.63) is 54.1 Å². The molecule has 1 fully saturated rings. The first-order valence-corrected chi connectivity index (χ1v) is 9.76. The third kappa shape index (κ3) is 4.06. The maximum Gasteiger partial charge on any atom is 0.253 e. The number of hydrogen-bond acceptors (Lipinski definition) is 7. The van der Waals surface area contributed by atoms with Crippen LogP contribution in [0.2, 0.25) is 0 Å².